The van der Waals surface area contributed by atoms with E-state index in [1.54, 1.807) is 17.8 Å². The predicted octanol–water partition coefficient (Wildman–Crippen LogP) is 5.44. The predicted molar refractivity (Wildman–Crippen MR) is 91.7 cm³/mol. The van der Waals surface area contributed by atoms with Crippen molar-refractivity contribution in [2.45, 2.75) is 24.7 Å². The Labute approximate surface area is 134 Å². The number of hydrogen-bond donors (Lipinski definition) is 1. The fraction of sp³-hybridized carbons (Fsp3) is 0.235. The Hall–Kier alpha value is -1.45. The number of carbonyl (C=O) groups excluding carboxylic acids is 1. The molecule has 0 aliphatic rings. The van der Waals surface area contributed by atoms with Crippen LogP contribution in [0.2, 0.25) is 5.02 Å². The van der Waals surface area contributed by atoms with Crippen molar-refractivity contribution in [2.24, 2.45) is 0 Å². The van der Waals surface area contributed by atoms with Crippen LogP contribution in [0.15, 0.2) is 47.4 Å². The van der Waals surface area contributed by atoms with Crippen LogP contribution in [0, 0.1) is 0 Å². The number of nitrogens with one attached hydrogen (secondary N) is 1. The van der Waals surface area contributed by atoms with E-state index in [4.69, 9.17) is 11.6 Å². The molecule has 0 aliphatic heterocycles. The van der Waals surface area contributed by atoms with Crippen LogP contribution in [0.5, 0.6) is 0 Å². The van der Waals surface area contributed by atoms with Gasteiger partial charge in [-0.05, 0) is 42.0 Å². The maximum absolute atomic E-state index is 12.5. The van der Waals surface area contributed by atoms with E-state index in [0.717, 1.165) is 16.1 Å². The molecule has 0 bridgehead atoms. The van der Waals surface area contributed by atoms with Gasteiger partial charge in [0.1, 0.15) is 0 Å². The van der Waals surface area contributed by atoms with Gasteiger partial charge in [-0.25, -0.2) is 0 Å². The Morgan fingerprint density at radius 2 is 1.90 bits per heavy atom. The highest BCUT2D eigenvalue weighted by Crippen LogP contribution is 2.27. The van der Waals surface area contributed by atoms with Gasteiger partial charge < -0.3 is 5.32 Å². The first kappa shape index (κ1) is 15.9. The zero-order valence-corrected chi connectivity index (χ0v) is 13.9. The van der Waals surface area contributed by atoms with Crippen LogP contribution in [0.25, 0.3) is 0 Å². The molecule has 4 heteroatoms. The minimum absolute atomic E-state index is 0.177. The fourth-order valence-corrected chi connectivity index (χ4v) is 2.75. The van der Waals surface area contributed by atoms with Crippen molar-refractivity contribution >= 4 is 35.0 Å². The van der Waals surface area contributed by atoms with Crippen molar-refractivity contribution < 1.29 is 4.79 Å². The van der Waals surface area contributed by atoms with Crippen LogP contribution < -0.4 is 5.32 Å². The van der Waals surface area contributed by atoms with Crippen molar-refractivity contribution in [1.29, 1.82) is 0 Å². The molecular formula is C17H18ClNOS. The van der Waals surface area contributed by atoms with E-state index in [2.05, 4.69) is 19.2 Å². The van der Waals surface area contributed by atoms with E-state index < -0.39 is 0 Å². The number of hydrogen-bond acceptors (Lipinski definition) is 2. The molecule has 0 saturated heterocycles. The quantitative estimate of drug-likeness (QED) is 0.760. The van der Waals surface area contributed by atoms with Crippen LogP contribution >= 0.6 is 23.4 Å². The zero-order chi connectivity index (χ0) is 15.4. The molecule has 21 heavy (non-hydrogen) atoms. The Morgan fingerprint density at radius 3 is 2.57 bits per heavy atom. The van der Waals surface area contributed by atoms with Crippen LogP contribution in [-0.4, -0.2) is 12.2 Å². The summed E-state index contributed by atoms with van der Waals surface area (Å²) < 4.78 is 0. The topological polar surface area (TPSA) is 29.1 Å². The van der Waals surface area contributed by atoms with Crippen molar-refractivity contribution in [3.63, 3.8) is 0 Å². The maximum atomic E-state index is 12.5. The Balaban J connectivity index is 2.30. The van der Waals surface area contributed by atoms with Gasteiger partial charge in [-0.3, -0.25) is 4.79 Å². The molecule has 2 rings (SSSR count). The summed E-state index contributed by atoms with van der Waals surface area (Å²) in [5.74, 6) is 0.165. The number of para-hydroxylation sites is 1. The highest BCUT2D eigenvalue weighted by molar-refractivity contribution is 7.98. The number of carbonyl (C=O) groups is 1. The van der Waals surface area contributed by atoms with E-state index in [-0.39, 0.29) is 5.91 Å². The molecule has 110 valence electrons. The van der Waals surface area contributed by atoms with Crippen LogP contribution in [0.1, 0.15) is 35.7 Å². The maximum Gasteiger partial charge on any atom is 0.257 e. The van der Waals surface area contributed by atoms with Crippen LogP contribution in [0.3, 0.4) is 0 Å². The second-order valence-electron chi connectivity index (χ2n) is 5.04. The Bertz CT molecular complexity index is 655. The van der Waals surface area contributed by atoms with Crippen molar-refractivity contribution in [3.8, 4) is 0 Å². The molecular weight excluding hydrogens is 302 g/mol. The average Bonchev–Trinajstić information content (AvgIpc) is 2.48. The highest BCUT2D eigenvalue weighted by Gasteiger charge is 2.14. The van der Waals surface area contributed by atoms with Gasteiger partial charge in [0.2, 0.25) is 0 Å². The lowest BCUT2D eigenvalue weighted by atomic mass is 10.0. The normalized spacial score (nSPS) is 10.7. The molecule has 0 saturated carbocycles. The number of rotatable bonds is 4. The molecule has 0 aromatic heterocycles. The number of amides is 1. The van der Waals surface area contributed by atoms with Gasteiger partial charge in [0.25, 0.3) is 5.91 Å². The summed E-state index contributed by atoms with van der Waals surface area (Å²) >= 11 is 7.73. The minimum atomic E-state index is -0.177. The first-order valence-electron chi connectivity index (χ1n) is 6.76. The summed E-state index contributed by atoms with van der Waals surface area (Å²) in [6.07, 6.45) is 1.97. The second-order valence-corrected chi connectivity index (χ2v) is 6.33. The van der Waals surface area contributed by atoms with Crippen molar-refractivity contribution in [2.75, 3.05) is 11.6 Å². The number of halogens is 1. The summed E-state index contributed by atoms with van der Waals surface area (Å²) in [6, 6.07) is 13.3. The van der Waals surface area contributed by atoms with Gasteiger partial charge in [0.05, 0.1) is 10.6 Å². The first-order chi connectivity index (χ1) is 10.0. The van der Waals surface area contributed by atoms with Gasteiger partial charge >= 0.3 is 0 Å². The lowest BCUT2D eigenvalue weighted by molar-refractivity contribution is 0.102. The standard InChI is InChI=1S/C17H18ClNOS/c1-11(2)13-6-4-5-7-16(13)19-17(20)14-10-12(21-3)8-9-15(14)18/h4-11H,1-3H3,(H,19,20). The van der Waals surface area contributed by atoms with Crippen LogP contribution in [0.4, 0.5) is 5.69 Å². The zero-order valence-electron chi connectivity index (χ0n) is 12.3. The second kappa shape index (κ2) is 7.01. The molecule has 1 N–H and O–H groups in total. The van der Waals surface area contributed by atoms with Gasteiger partial charge in [-0.2, -0.15) is 0 Å². The highest BCUT2D eigenvalue weighted by atomic mass is 35.5. The SMILES string of the molecule is CSc1ccc(Cl)c(C(=O)Nc2ccccc2C(C)C)c1. The summed E-state index contributed by atoms with van der Waals surface area (Å²) in [5, 5.41) is 3.43. The molecule has 2 nitrogen and oxygen atoms in total. The number of anilines is 1. The fourth-order valence-electron chi connectivity index (χ4n) is 2.11. The first-order valence-corrected chi connectivity index (χ1v) is 8.37. The molecule has 0 heterocycles. The molecule has 1 amide bonds. The molecule has 0 spiro atoms. The lowest BCUT2D eigenvalue weighted by Crippen LogP contribution is -2.14. The van der Waals surface area contributed by atoms with E-state index >= 15 is 0 Å². The monoisotopic (exact) mass is 319 g/mol. The largest absolute Gasteiger partial charge is 0.322 e. The third-order valence-corrected chi connectivity index (χ3v) is 4.30. The third-order valence-electron chi connectivity index (χ3n) is 3.25. The van der Waals surface area contributed by atoms with Gasteiger partial charge in [-0.15, -0.1) is 11.8 Å². The van der Waals surface area contributed by atoms with Gasteiger partial charge in [0.15, 0.2) is 0 Å². The summed E-state index contributed by atoms with van der Waals surface area (Å²) in [5.41, 5.74) is 2.45. The van der Waals surface area contributed by atoms with Gasteiger partial charge in [0, 0.05) is 10.6 Å². The van der Waals surface area contributed by atoms with E-state index in [1.807, 2.05) is 42.7 Å². The molecule has 2 aromatic carbocycles. The van der Waals surface area contributed by atoms with E-state index in [9.17, 15) is 4.79 Å². The van der Waals surface area contributed by atoms with Crippen LogP contribution in [-0.2, 0) is 0 Å². The Kier molecular flexibility index (Phi) is 5.32. The minimum Gasteiger partial charge on any atom is -0.322 e. The van der Waals surface area contributed by atoms with Crippen molar-refractivity contribution in [1.82, 2.24) is 0 Å². The molecule has 0 fully saturated rings. The average molecular weight is 320 g/mol. The smallest absolute Gasteiger partial charge is 0.257 e. The molecule has 2 aromatic rings. The van der Waals surface area contributed by atoms with E-state index in [0.29, 0.717) is 16.5 Å². The number of benzene rings is 2. The summed E-state index contributed by atoms with van der Waals surface area (Å²) in [7, 11) is 0. The van der Waals surface area contributed by atoms with Crippen molar-refractivity contribution in [3.05, 3.63) is 58.6 Å². The number of thioether (sulfide) groups is 1. The summed E-state index contributed by atoms with van der Waals surface area (Å²) in [4.78, 5) is 13.5. The molecule has 0 radical (unpaired) electrons. The molecule has 0 aliphatic carbocycles. The third kappa shape index (κ3) is 3.80. The molecule has 0 unspecified atom stereocenters. The summed E-state index contributed by atoms with van der Waals surface area (Å²) in [6.45, 7) is 4.21. The molecule has 0 atom stereocenters. The Morgan fingerprint density at radius 1 is 1.19 bits per heavy atom. The van der Waals surface area contributed by atoms with E-state index in [1.165, 1.54) is 0 Å². The van der Waals surface area contributed by atoms with Gasteiger partial charge in [-0.1, -0.05) is 43.6 Å². The lowest BCUT2D eigenvalue weighted by Gasteiger charge is -2.14.